The average molecular weight is 540 g/mol. The Labute approximate surface area is 228 Å². The van der Waals surface area contributed by atoms with Gasteiger partial charge in [-0.2, -0.15) is 0 Å². The highest BCUT2D eigenvalue weighted by Gasteiger charge is 2.46. The van der Waals surface area contributed by atoms with Crippen LogP contribution < -0.4 is 4.74 Å². The van der Waals surface area contributed by atoms with E-state index in [4.69, 9.17) is 14.2 Å². The third kappa shape index (κ3) is 5.86. The quantitative estimate of drug-likeness (QED) is 0.204. The van der Waals surface area contributed by atoms with Crippen LogP contribution in [0.3, 0.4) is 0 Å². The second-order valence-electron chi connectivity index (χ2n) is 9.83. The predicted molar refractivity (Wildman–Crippen MR) is 145 cm³/mol. The van der Waals surface area contributed by atoms with Crippen molar-refractivity contribution in [2.45, 2.75) is 39.7 Å². The van der Waals surface area contributed by atoms with Crippen LogP contribution in [0.1, 0.15) is 58.7 Å². The zero-order valence-electron chi connectivity index (χ0n) is 23.0. The number of aromatic amines is 1. The molecule has 1 amide bonds. The number of carbonyl (C=O) groups excluding carboxylic acids is 3. The maximum atomic E-state index is 13.4. The molecule has 39 heavy (non-hydrogen) atoms. The third-order valence-electron chi connectivity index (χ3n) is 7.25. The number of esters is 1. The zero-order chi connectivity index (χ0) is 28.1. The van der Waals surface area contributed by atoms with Crippen molar-refractivity contribution in [3.8, 4) is 5.75 Å². The van der Waals surface area contributed by atoms with E-state index < -0.39 is 23.7 Å². The number of aromatic nitrogens is 1. The van der Waals surface area contributed by atoms with E-state index in [2.05, 4.69) is 9.88 Å². The number of hydrogen-bond donors (Lipinski definition) is 2. The molecule has 1 aromatic carbocycles. The molecule has 2 aliphatic heterocycles. The lowest BCUT2D eigenvalue weighted by molar-refractivity contribution is -0.140. The lowest BCUT2D eigenvalue weighted by atomic mass is 9.94. The summed E-state index contributed by atoms with van der Waals surface area (Å²) in [6.45, 7) is 10.1. The highest BCUT2D eigenvalue weighted by molar-refractivity contribution is 6.46. The molecule has 1 atom stereocenters. The number of ketones is 1. The number of hydrogen-bond acceptors (Lipinski definition) is 8. The van der Waals surface area contributed by atoms with Gasteiger partial charge in [0.1, 0.15) is 17.2 Å². The SMILES string of the molecule is CCCOc1ccc(C2/C(=C(\O)c3c(C)[nH]c(C(=O)OC)c3C)C(=O)C(=O)N2CCCN2CCOCC2)cc1. The van der Waals surface area contributed by atoms with Gasteiger partial charge < -0.3 is 29.2 Å². The van der Waals surface area contributed by atoms with Gasteiger partial charge in [0.2, 0.25) is 0 Å². The number of aryl methyl sites for hydroxylation is 1. The van der Waals surface area contributed by atoms with Gasteiger partial charge in [0, 0.05) is 37.4 Å². The molecular formula is C29H37N3O7. The third-order valence-corrected chi connectivity index (χ3v) is 7.25. The summed E-state index contributed by atoms with van der Waals surface area (Å²) in [7, 11) is 1.27. The number of ether oxygens (including phenoxy) is 3. The molecule has 0 spiro atoms. The van der Waals surface area contributed by atoms with Gasteiger partial charge in [-0.15, -0.1) is 0 Å². The maximum absolute atomic E-state index is 13.4. The fourth-order valence-corrected chi connectivity index (χ4v) is 5.26. The van der Waals surface area contributed by atoms with E-state index >= 15 is 0 Å². The van der Waals surface area contributed by atoms with Crippen LogP contribution >= 0.6 is 0 Å². The standard InChI is InChI=1S/C29H37N3O7/c1-5-15-39-21-9-7-20(8-10-21)25-23(26(33)22-18(2)24(29(36)37-4)30-19(22)3)27(34)28(35)32(25)12-6-11-31-13-16-38-17-14-31/h7-10,25,30,33H,5-6,11-17H2,1-4H3/b26-23+. The van der Waals surface area contributed by atoms with Crippen molar-refractivity contribution in [3.05, 3.63) is 57.9 Å². The number of benzene rings is 1. The highest BCUT2D eigenvalue weighted by Crippen LogP contribution is 2.41. The number of morpholine rings is 1. The van der Waals surface area contributed by atoms with Crippen LogP contribution in [0, 0.1) is 13.8 Å². The Morgan fingerprint density at radius 3 is 2.46 bits per heavy atom. The average Bonchev–Trinajstić information content (AvgIpc) is 3.39. The summed E-state index contributed by atoms with van der Waals surface area (Å²) in [5.41, 5.74) is 2.11. The summed E-state index contributed by atoms with van der Waals surface area (Å²) in [5.74, 6) is -1.63. The Morgan fingerprint density at radius 1 is 1.13 bits per heavy atom. The first-order valence-electron chi connectivity index (χ1n) is 13.4. The van der Waals surface area contributed by atoms with E-state index in [0.29, 0.717) is 60.9 Å². The van der Waals surface area contributed by atoms with Crippen LogP contribution in [0.4, 0.5) is 0 Å². The number of nitrogens with zero attached hydrogens (tertiary/aromatic N) is 2. The molecule has 0 saturated carbocycles. The Kier molecular flexibility index (Phi) is 9.08. The highest BCUT2D eigenvalue weighted by atomic mass is 16.5. The molecule has 0 radical (unpaired) electrons. The van der Waals surface area contributed by atoms with Gasteiger partial charge in [0.15, 0.2) is 0 Å². The normalized spacial score (nSPS) is 19.5. The summed E-state index contributed by atoms with van der Waals surface area (Å²) in [4.78, 5) is 45.8. The Morgan fingerprint density at radius 2 is 1.82 bits per heavy atom. The number of likely N-dealkylation sites (tertiary alicyclic amines) is 1. The molecular weight excluding hydrogens is 502 g/mol. The second-order valence-corrected chi connectivity index (χ2v) is 9.83. The van der Waals surface area contributed by atoms with Crippen LogP contribution in [0.2, 0.25) is 0 Å². The Hall–Kier alpha value is -3.63. The van der Waals surface area contributed by atoms with Gasteiger partial charge in [0.05, 0.1) is 38.5 Å². The second kappa shape index (κ2) is 12.5. The van der Waals surface area contributed by atoms with Crippen LogP contribution in [-0.2, 0) is 19.1 Å². The van der Waals surface area contributed by atoms with Gasteiger partial charge in [-0.05, 0) is 49.9 Å². The minimum Gasteiger partial charge on any atom is -0.507 e. The van der Waals surface area contributed by atoms with Gasteiger partial charge in [-0.1, -0.05) is 19.1 Å². The molecule has 2 aliphatic rings. The molecule has 10 heteroatoms. The van der Waals surface area contributed by atoms with Gasteiger partial charge in [-0.25, -0.2) is 4.79 Å². The summed E-state index contributed by atoms with van der Waals surface area (Å²) < 4.78 is 16.0. The lowest BCUT2D eigenvalue weighted by Crippen LogP contribution is -2.38. The zero-order valence-corrected chi connectivity index (χ0v) is 23.0. The van der Waals surface area contributed by atoms with Crippen LogP contribution in [-0.4, -0.2) is 90.7 Å². The van der Waals surface area contributed by atoms with Crippen LogP contribution in [0.15, 0.2) is 29.8 Å². The molecule has 2 saturated heterocycles. The molecule has 2 N–H and O–H groups in total. The van der Waals surface area contributed by atoms with Crippen molar-refractivity contribution in [2.75, 3.05) is 53.1 Å². The van der Waals surface area contributed by atoms with E-state index in [9.17, 15) is 19.5 Å². The molecule has 3 heterocycles. The van der Waals surface area contributed by atoms with Gasteiger partial charge >= 0.3 is 5.97 Å². The van der Waals surface area contributed by atoms with E-state index in [1.807, 2.05) is 19.1 Å². The number of carbonyl (C=O) groups is 3. The van der Waals surface area contributed by atoms with E-state index in [-0.39, 0.29) is 17.0 Å². The molecule has 2 fully saturated rings. The molecule has 4 rings (SSSR count). The first-order valence-corrected chi connectivity index (χ1v) is 13.4. The Bertz CT molecular complexity index is 1240. The van der Waals surface area contributed by atoms with Crippen molar-refractivity contribution in [3.63, 3.8) is 0 Å². The van der Waals surface area contributed by atoms with Crippen LogP contribution in [0.25, 0.3) is 5.76 Å². The number of aliphatic hydroxyl groups is 1. The minimum absolute atomic E-state index is 0.00443. The number of methoxy groups -OCH3 is 1. The lowest BCUT2D eigenvalue weighted by Gasteiger charge is -2.29. The topological polar surface area (TPSA) is 121 Å². The molecule has 1 aromatic heterocycles. The monoisotopic (exact) mass is 539 g/mol. The summed E-state index contributed by atoms with van der Waals surface area (Å²) >= 11 is 0. The molecule has 1 unspecified atom stereocenters. The number of amides is 1. The fourth-order valence-electron chi connectivity index (χ4n) is 5.26. The number of nitrogens with one attached hydrogen (secondary N) is 1. The molecule has 0 aliphatic carbocycles. The summed E-state index contributed by atoms with van der Waals surface area (Å²) in [6.07, 6.45) is 1.53. The van der Waals surface area contributed by atoms with Crippen molar-refractivity contribution >= 4 is 23.4 Å². The van der Waals surface area contributed by atoms with E-state index in [0.717, 1.165) is 26.1 Å². The molecule has 210 valence electrons. The number of H-pyrrole nitrogens is 1. The van der Waals surface area contributed by atoms with Gasteiger partial charge in [-0.3, -0.25) is 14.5 Å². The predicted octanol–water partition coefficient (Wildman–Crippen LogP) is 3.35. The van der Waals surface area contributed by atoms with E-state index in [1.165, 1.54) is 12.0 Å². The number of rotatable bonds is 10. The Balaban J connectivity index is 1.73. The first-order chi connectivity index (χ1) is 18.8. The first kappa shape index (κ1) is 28.4. The number of aliphatic hydroxyl groups excluding tert-OH is 1. The summed E-state index contributed by atoms with van der Waals surface area (Å²) in [6, 6.07) is 6.47. The van der Waals surface area contributed by atoms with Crippen molar-refractivity contribution in [1.82, 2.24) is 14.8 Å². The van der Waals surface area contributed by atoms with Gasteiger partial charge in [0.25, 0.3) is 11.7 Å². The fraction of sp³-hybridized carbons (Fsp3) is 0.483. The largest absolute Gasteiger partial charge is 0.507 e. The smallest absolute Gasteiger partial charge is 0.354 e. The molecule has 10 nitrogen and oxygen atoms in total. The summed E-state index contributed by atoms with van der Waals surface area (Å²) in [5, 5.41) is 11.5. The maximum Gasteiger partial charge on any atom is 0.354 e. The molecule has 0 bridgehead atoms. The van der Waals surface area contributed by atoms with E-state index in [1.54, 1.807) is 26.0 Å². The van der Waals surface area contributed by atoms with Crippen molar-refractivity contribution in [2.24, 2.45) is 0 Å². The van der Waals surface area contributed by atoms with Crippen molar-refractivity contribution < 1.29 is 33.7 Å². The molecule has 2 aromatic rings. The minimum atomic E-state index is -0.787. The van der Waals surface area contributed by atoms with Crippen molar-refractivity contribution in [1.29, 1.82) is 0 Å². The van der Waals surface area contributed by atoms with Crippen LogP contribution in [0.5, 0.6) is 5.75 Å². The number of Topliss-reactive ketones (excluding diaryl/α,β-unsaturated/α-hetero) is 1.